The molecule has 1 saturated heterocycles. The van der Waals surface area contributed by atoms with E-state index in [1.54, 1.807) is 6.07 Å². The molecule has 0 spiro atoms. The van der Waals surface area contributed by atoms with Gasteiger partial charge in [-0.25, -0.2) is 8.78 Å². The number of aryl methyl sites for hydroxylation is 1. The molecular weight excluding hydrogens is 442 g/mol. The van der Waals surface area contributed by atoms with Crippen molar-refractivity contribution in [3.05, 3.63) is 39.0 Å². The number of hydrogen-bond donors (Lipinski definition) is 1. The summed E-state index contributed by atoms with van der Waals surface area (Å²) >= 11 is 3.33. The highest BCUT2D eigenvalue weighted by atomic mass is 79.9. The van der Waals surface area contributed by atoms with Crippen LogP contribution in [0.1, 0.15) is 54.1 Å². The van der Waals surface area contributed by atoms with E-state index < -0.39 is 6.43 Å². The Morgan fingerprint density at radius 3 is 2.83 bits per heavy atom. The third-order valence-electron chi connectivity index (χ3n) is 6.28. The zero-order chi connectivity index (χ0) is 20.0. The maximum Gasteiger partial charge on any atom is 0.265 e. The van der Waals surface area contributed by atoms with Gasteiger partial charge in [-0.15, -0.1) is 0 Å². The summed E-state index contributed by atoms with van der Waals surface area (Å²) in [5, 5.41) is 8.55. The van der Waals surface area contributed by atoms with E-state index in [9.17, 15) is 8.78 Å². The summed E-state index contributed by atoms with van der Waals surface area (Å²) in [5.41, 5.74) is 4.54. The van der Waals surface area contributed by atoms with E-state index in [1.165, 1.54) is 11.3 Å². The van der Waals surface area contributed by atoms with Gasteiger partial charge >= 0.3 is 0 Å². The molecule has 156 valence electrons. The first-order valence-corrected chi connectivity index (χ1v) is 11.2. The minimum atomic E-state index is -2.51. The first-order valence-electron chi connectivity index (χ1n) is 10.4. The van der Waals surface area contributed by atoms with E-state index in [1.807, 2.05) is 6.07 Å². The van der Waals surface area contributed by atoms with Crippen LogP contribution in [0.4, 0.5) is 20.3 Å². The Hall–Kier alpha value is -1.51. The molecule has 2 aromatic rings. The Kier molecular flexibility index (Phi) is 5.34. The second-order valence-electron chi connectivity index (χ2n) is 8.02. The smallest absolute Gasteiger partial charge is 0.265 e. The second kappa shape index (κ2) is 7.96. The van der Waals surface area contributed by atoms with E-state index in [0.29, 0.717) is 10.5 Å². The summed E-state index contributed by atoms with van der Waals surface area (Å²) in [7, 11) is 0. The van der Waals surface area contributed by atoms with Crippen molar-refractivity contribution >= 4 is 27.4 Å². The number of fused-ring (bicyclic) bond motifs is 2. The Balaban J connectivity index is 1.60. The van der Waals surface area contributed by atoms with Gasteiger partial charge in [0.25, 0.3) is 6.43 Å². The Morgan fingerprint density at radius 2 is 2.03 bits per heavy atom. The van der Waals surface area contributed by atoms with Crippen molar-refractivity contribution < 1.29 is 13.5 Å². The van der Waals surface area contributed by atoms with Gasteiger partial charge < -0.3 is 15.0 Å². The third kappa shape index (κ3) is 3.49. The number of hydrogen-bond acceptors (Lipinski definition) is 4. The Labute approximate surface area is 177 Å². The fraction of sp³-hybridized carbons (Fsp3) is 0.571. The van der Waals surface area contributed by atoms with Crippen molar-refractivity contribution in [3.63, 3.8) is 0 Å². The molecule has 5 rings (SSSR count). The van der Waals surface area contributed by atoms with Crippen LogP contribution in [-0.2, 0) is 24.1 Å². The Bertz CT molecular complexity index is 911. The molecule has 4 heterocycles. The number of nitrogens with zero attached hydrogens (tertiary/aromatic N) is 3. The number of rotatable bonds is 3. The number of ether oxygens (including phenoxy) is 1. The number of halogens is 3. The van der Waals surface area contributed by atoms with Crippen LogP contribution in [0.5, 0.6) is 0 Å². The number of nitrogens with one attached hydrogen (secondary N) is 1. The molecule has 0 radical (unpaired) electrons. The summed E-state index contributed by atoms with van der Waals surface area (Å²) in [6.45, 7) is 4.06. The zero-order valence-corrected chi connectivity index (χ0v) is 17.9. The maximum atomic E-state index is 13.6. The molecule has 1 N–H and O–H groups in total. The molecule has 8 heteroatoms. The van der Waals surface area contributed by atoms with Gasteiger partial charge in [-0.05, 0) is 43.4 Å². The van der Waals surface area contributed by atoms with Crippen molar-refractivity contribution in [1.82, 2.24) is 15.1 Å². The molecule has 29 heavy (non-hydrogen) atoms. The van der Waals surface area contributed by atoms with Gasteiger partial charge in [0, 0.05) is 66.2 Å². The van der Waals surface area contributed by atoms with Crippen molar-refractivity contribution in [3.8, 4) is 0 Å². The molecule has 1 aromatic carbocycles. The molecule has 1 fully saturated rings. The fourth-order valence-corrected chi connectivity index (χ4v) is 5.38. The lowest BCUT2D eigenvalue weighted by molar-refractivity contribution is 0.0653. The normalized spacial score (nSPS) is 20.1. The largest absolute Gasteiger partial charge is 0.381 e. The van der Waals surface area contributed by atoms with Gasteiger partial charge in [0.15, 0.2) is 5.82 Å². The number of aromatic nitrogens is 2. The second-order valence-corrected chi connectivity index (χ2v) is 8.88. The third-order valence-corrected chi connectivity index (χ3v) is 6.97. The molecular formula is C21H25BrF2N4O. The minimum Gasteiger partial charge on any atom is -0.381 e. The minimum absolute atomic E-state index is 0.0477. The predicted octanol–water partition coefficient (Wildman–Crippen LogP) is 4.66. The molecule has 0 atom stereocenters. The van der Waals surface area contributed by atoms with Crippen molar-refractivity contribution in [2.45, 2.75) is 51.1 Å². The van der Waals surface area contributed by atoms with Crippen molar-refractivity contribution in [1.29, 1.82) is 0 Å². The van der Waals surface area contributed by atoms with E-state index in [4.69, 9.17) is 9.84 Å². The topological polar surface area (TPSA) is 42.3 Å². The number of anilines is 2. The molecule has 5 nitrogen and oxygen atoms in total. The molecule has 0 aliphatic carbocycles. The summed E-state index contributed by atoms with van der Waals surface area (Å²) in [5.74, 6) is 0.933. The lowest BCUT2D eigenvalue weighted by Crippen LogP contribution is -2.29. The Morgan fingerprint density at radius 1 is 1.21 bits per heavy atom. The fourth-order valence-electron chi connectivity index (χ4n) is 4.81. The van der Waals surface area contributed by atoms with E-state index in [2.05, 4.69) is 30.8 Å². The van der Waals surface area contributed by atoms with Gasteiger partial charge in [-0.3, -0.25) is 4.68 Å². The van der Waals surface area contributed by atoms with Crippen LogP contribution < -0.4 is 10.2 Å². The van der Waals surface area contributed by atoms with Crippen LogP contribution in [0.25, 0.3) is 0 Å². The lowest BCUT2D eigenvalue weighted by atomic mass is 9.98. The molecule has 0 saturated carbocycles. The van der Waals surface area contributed by atoms with Gasteiger partial charge in [-0.1, -0.05) is 15.9 Å². The average Bonchev–Trinajstić information content (AvgIpc) is 3.13. The highest BCUT2D eigenvalue weighted by molar-refractivity contribution is 9.10. The van der Waals surface area contributed by atoms with Crippen molar-refractivity contribution in [2.75, 3.05) is 31.2 Å². The van der Waals surface area contributed by atoms with Crippen LogP contribution in [0, 0.1) is 0 Å². The summed E-state index contributed by atoms with van der Waals surface area (Å²) in [4.78, 5) is 2.17. The monoisotopic (exact) mass is 466 g/mol. The van der Waals surface area contributed by atoms with Crippen LogP contribution in [0.3, 0.4) is 0 Å². The van der Waals surface area contributed by atoms with E-state index in [-0.39, 0.29) is 5.56 Å². The SMILES string of the molecule is FC(F)c1cc2c(cc1Br)CCCN2c1nn(C2CCOCC2)c2c1CNCC2. The molecule has 3 aliphatic heterocycles. The van der Waals surface area contributed by atoms with Crippen LogP contribution in [-0.4, -0.2) is 36.1 Å². The van der Waals surface area contributed by atoms with Crippen LogP contribution in [0.15, 0.2) is 16.6 Å². The van der Waals surface area contributed by atoms with Crippen LogP contribution >= 0.6 is 15.9 Å². The molecule has 0 amide bonds. The van der Waals surface area contributed by atoms with E-state index >= 15 is 0 Å². The van der Waals surface area contributed by atoms with E-state index in [0.717, 1.165) is 82.0 Å². The van der Waals surface area contributed by atoms with Gasteiger partial charge in [0.2, 0.25) is 0 Å². The summed E-state index contributed by atoms with van der Waals surface area (Å²) < 4.78 is 35.4. The number of alkyl halides is 2. The number of benzene rings is 1. The zero-order valence-electron chi connectivity index (χ0n) is 16.3. The van der Waals surface area contributed by atoms with Gasteiger partial charge in [0.1, 0.15) is 0 Å². The summed E-state index contributed by atoms with van der Waals surface area (Å²) in [6, 6.07) is 3.87. The first kappa shape index (κ1) is 19.5. The van der Waals surface area contributed by atoms with Crippen LogP contribution in [0.2, 0.25) is 0 Å². The lowest BCUT2D eigenvalue weighted by Gasteiger charge is -2.31. The standard InChI is InChI=1S/C21H25BrF2N4O/c22-17-10-13-2-1-7-27(19(13)11-15(17)20(23)24)21-16-12-25-6-3-18(16)28(26-21)14-4-8-29-9-5-14/h10-11,14,20,25H,1-9,12H2. The van der Waals surface area contributed by atoms with Crippen molar-refractivity contribution in [2.24, 2.45) is 0 Å². The molecule has 1 aromatic heterocycles. The highest BCUT2D eigenvalue weighted by Gasteiger charge is 2.31. The maximum absolute atomic E-state index is 13.6. The molecule has 0 unspecified atom stereocenters. The predicted molar refractivity (Wildman–Crippen MR) is 111 cm³/mol. The summed E-state index contributed by atoms with van der Waals surface area (Å²) in [6.07, 6.45) is 2.27. The highest BCUT2D eigenvalue weighted by Crippen LogP contribution is 2.41. The average molecular weight is 467 g/mol. The van der Waals surface area contributed by atoms with Gasteiger partial charge in [0.05, 0.1) is 6.04 Å². The first-order chi connectivity index (χ1) is 14.1. The molecule has 3 aliphatic rings. The van der Waals surface area contributed by atoms with Gasteiger partial charge in [-0.2, -0.15) is 5.10 Å². The quantitative estimate of drug-likeness (QED) is 0.713. The molecule has 0 bridgehead atoms.